The van der Waals surface area contributed by atoms with E-state index in [1.165, 1.54) is 22.4 Å². The highest BCUT2D eigenvalue weighted by Crippen LogP contribution is 2.33. The number of nitrogens with zero attached hydrogens (tertiary/aromatic N) is 1. The third kappa shape index (κ3) is 2.94. The number of anilines is 1. The molecule has 2 heteroatoms. The summed E-state index contributed by atoms with van der Waals surface area (Å²) < 4.78 is 5.99. The maximum atomic E-state index is 5.99. The smallest absolute Gasteiger partial charge is 0.129 e. The zero-order valence-corrected chi connectivity index (χ0v) is 12.8. The summed E-state index contributed by atoms with van der Waals surface area (Å²) in [5.74, 6) is 0.977. The van der Waals surface area contributed by atoms with Gasteiger partial charge in [0.15, 0.2) is 0 Å². The molecule has 0 bridgehead atoms. The zero-order chi connectivity index (χ0) is 14.8. The molecule has 1 heterocycles. The van der Waals surface area contributed by atoms with Crippen molar-refractivity contribution in [3.8, 4) is 5.75 Å². The number of rotatable bonds is 3. The highest BCUT2D eigenvalue weighted by Gasteiger charge is 2.16. The Morgan fingerprint density at radius 1 is 1.10 bits per heavy atom. The molecule has 21 heavy (non-hydrogen) atoms. The standard InChI is InChI=1S/C19H21NO/c1-14-11-17-9-10-18(12-19(17)21-15(14)2)20(3)13-16-7-5-4-6-8-16/h4-12,15H,13H2,1-3H3. The molecule has 0 N–H and O–H groups in total. The van der Waals surface area contributed by atoms with Crippen molar-refractivity contribution in [2.45, 2.75) is 26.5 Å². The Kier molecular flexibility index (Phi) is 3.70. The van der Waals surface area contributed by atoms with E-state index in [0.29, 0.717) is 0 Å². The highest BCUT2D eigenvalue weighted by atomic mass is 16.5. The van der Waals surface area contributed by atoms with E-state index in [-0.39, 0.29) is 6.10 Å². The summed E-state index contributed by atoms with van der Waals surface area (Å²) >= 11 is 0. The predicted molar refractivity (Wildman–Crippen MR) is 88.7 cm³/mol. The van der Waals surface area contributed by atoms with Crippen molar-refractivity contribution in [1.29, 1.82) is 0 Å². The van der Waals surface area contributed by atoms with Gasteiger partial charge >= 0.3 is 0 Å². The van der Waals surface area contributed by atoms with Gasteiger partial charge in [-0.15, -0.1) is 0 Å². The Hall–Kier alpha value is -2.22. The van der Waals surface area contributed by atoms with Crippen molar-refractivity contribution < 1.29 is 4.74 Å². The maximum absolute atomic E-state index is 5.99. The van der Waals surface area contributed by atoms with E-state index in [4.69, 9.17) is 4.74 Å². The molecule has 1 aliphatic rings. The number of fused-ring (bicyclic) bond motifs is 1. The van der Waals surface area contributed by atoms with E-state index in [9.17, 15) is 0 Å². The van der Waals surface area contributed by atoms with E-state index >= 15 is 0 Å². The van der Waals surface area contributed by atoms with Crippen LogP contribution in [-0.2, 0) is 6.54 Å². The second-order valence-electron chi connectivity index (χ2n) is 5.71. The molecule has 3 rings (SSSR count). The van der Waals surface area contributed by atoms with Gasteiger partial charge in [0.1, 0.15) is 11.9 Å². The van der Waals surface area contributed by atoms with Crippen LogP contribution >= 0.6 is 0 Å². The fraction of sp³-hybridized carbons (Fsp3) is 0.263. The van der Waals surface area contributed by atoms with Crippen LogP contribution in [0.5, 0.6) is 5.75 Å². The minimum atomic E-state index is 0.159. The predicted octanol–water partition coefficient (Wildman–Crippen LogP) is 4.51. The largest absolute Gasteiger partial charge is 0.486 e. The van der Waals surface area contributed by atoms with Crippen LogP contribution in [0.2, 0.25) is 0 Å². The average Bonchev–Trinajstić information content (AvgIpc) is 2.49. The second kappa shape index (κ2) is 5.65. The molecule has 108 valence electrons. The molecule has 2 aromatic carbocycles. The van der Waals surface area contributed by atoms with Crippen LogP contribution in [0.15, 0.2) is 54.1 Å². The lowest BCUT2D eigenvalue weighted by atomic mass is 10.0. The fourth-order valence-electron chi connectivity index (χ4n) is 2.58. The lowest BCUT2D eigenvalue weighted by Crippen LogP contribution is -2.19. The summed E-state index contributed by atoms with van der Waals surface area (Å²) in [5.41, 5.74) is 4.93. The van der Waals surface area contributed by atoms with Crippen LogP contribution in [0.3, 0.4) is 0 Å². The van der Waals surface area contributed by atoms with Gasteiger partial charge in [-0.05, 0) is 43.2 Å². The van der Waals surface area contributed by atoms with E-state index in [1.54, 1.807) is 0 Å². The second-order valence-corrected chi connectivity index (χ2v) is 5.71. The Balaban J connectivity index is 1.82. The SMILES string of the molecule is CC1=Cc2ccc(N(C)Cc3ccccc3)cc2OC1C. The first-order chi connectivity index (χ1) is 10.1. The quantitative estimate of drug-likeness (QED) is 0.819. The topological polar surface area (TPSA) is 12.5 Å². The molecule has 0 saturated carbocycles. The summed E-state index contributed by atoms with van der Waals surface area (Å²) in [6, 6.07) is 16.9. The van der Waals surface area contributed by atoms with Crippen molar-refractivity contribution in [3.63, 3.8) is 0 Å². The first kappa shape index (κ1) is 13.7. The molecule has 0 aliphatic carbocycles. The van der Waals surface area contributed by atoms with Gasteiger partial charge in [-0.2, -0.15) is 0 Å². The van der Waals surface area contributed by atoms with Crippen LogP contribution in [0.4, 0.5) is 5.69 Å². The molecule has 1 atom stereocenters. The van der Waals surface area contributed by atoms with Crippen LogP contribution in [0.1, 0.15) is 25.0 Å². The van der Waals surface area contributed by atoms with Crippen molar-refractivity contribution in [1.82, 2.24) is 0 Å². The third-order valence-corrected chi connectivity index (χ3v) is 4.03. The van der Waals surface area contributed by atoms with E-state index in [2.05, 4.69) is 74.3 Å². The summed E-state index contributed by atoms with van der Waals surface area (Å²) in [5, 5.41) is 0. The summed E-state index contributed by atoms with van der Waals surface area (Å²) in [6.07, 6.45) is 2.37. The van der Waals surface area contributed by atoms with Crippen molar-refractivity contribution in [2.24, 2.45) is 0 Å². The van der Waals surface area contributed by atoms with Gasteiger partial charge in [0.05, 0.1) is 0 Å². The van der Waals surface area contributed by atoms with Gasteiger partial charge in [-0.3, -0.25) is 0 Å². The molecule has 0 radical (unpaired) electrons. The van der Waals surface area contributed by atoms with Crippen molar-refractivity contribution in [3.05, 3.63) is 65.2 Å². The maximum Gasteiger partial charge on any atom is 0.129 e. The van der Waals surface area contributed by atoms with Crippen molar-refractivity contribution >= 4 is 11.8 Å². The van der Waals surface area contributed by atoms with Gasteiger partial charge in [0.2, 0.25) is 0 Å². The Morgan fingerprint density at radius 3 is 2.62 bits per heavy atom. The number of benzene rings is 2. The fourth-order valence-corrected chi connectivity index (χ4v) is 2.58. The van der Waals surface area contributed by atoms with Crippen LogP contribution in [-0.4, -0.2) is 13.2 Å². The van der Waals surface area contributed by atoms with Crippen LogP contribution < -0.4 is 9.64 Å². The van der Waals surface area contributed by atoms with Crippen LogP contribution in [0.25, 0.3) is 6.08 Å². The molecule has 0 spiro atoms. The molecule has 2 nitrogen and oxygen atoms in total. The molecular weight excluding hydrogens is 258 g/mol. The lowest BCUT2D eigenvalue weighted by molar-refractivity contribution is 0.253. The van der Waals surface area contributed by atoms with Gasteiger partial charge < -0.3 is 9.64 Å². The summed E-state index contributed by atoms with van der Waals surface area (Å²) in [6.45, 7) is 5.10. The molecule has 2 aromatic rings. The number of ether oxygens (including phenoxy) is 1. The minimum Gasteiger partial charge on any atom is -0.486 e. The monoisotopic (exact) mass is 279 g/mol. The van der Waals surface area contributed by atoms with Crippen LogP contribution in [0, 0.1) is 0 Å². The molecule has 0 aromatic heterocycles. The average molecular weight is 279 g/mol. The summed E-state index contributed by atoms with van der Waals surface area (Å²) in [7, 11) is 2.11. The number of hydrogen-bond donors (Lipinski definition) is 0. The van der Waals surface area contributed by atoms with E-state index in [1.807, 2.05) is 6.07 Å². The van der Waals surface area contributed by atoms with Gasteiger partial charge in [0, 0.05) is 30.9 Å². The molecule has 0 saturated heterocycles. The number of hydrogen-bond acceptors (Lipinski definition) is 2. The third-order valence-electron chi connectivity index (χ3n) is 4.03. The Bertz CT molecular complexity index is 661. The van der Waals surface area contributed by atoms with E-state index < -0.39 is 0 Å². The van der Waals surface area contributed by atoms with E-state index in [0.717, 1.165) is 12.3 Å². The summed E-state index contributed by atoms with van der Waals surface area (Å²) in [4.78, 5) is 2.24. The van der Waals surface area contributed by atoms with Crippen molar-refractivity contribution in [2.75, 3.05) is 11.9 Å². The lowest BCUT2D eigenvalue weighted by Gasteiger charge is -2.25. The molecule has 1 aliphatic heterocycles. The molecule has 0 amide bonds. The first-order valence-corrected chi connectivity index (χ1v) is 7.37. The normalized spacial score (nSPS) is 16.7. The first-order valence-electron chi connectivity index (χ1n) is 7.37. The minimum absolute atomic E-state index is 0.159. The Morgan fingerprint density at radius 2 is 1.86 bits per heavy atom. The van der Waals surface area contributed by atoms with Gasteiger partial charge in [0.25, 0.3) is 0 Å². The zero-order valence-electron chi connectivity index (χ0n) is 12.8. The molecule has 1 unspecified atom stereocenters. The Labute approximate surface area is 126 Å². The highest BCUT2D eigenvalue weighted by molar-refractivity contribution is 5.67. The van der Waals surface area contributed by atoms with Gasteiger partial charge in [-0.1, -0.05) is 30.3 Å². The molecular formula is C19H21NO. The van der Waals surface area contributed by atoms with Gasteiger partial charge in [-0.25, -0.2) is 0 Å². The molecule has 0 fully saturated rings.